The van der Waals surface area contributed by atoms with E-state index in [1.807, 2.05) is 30.3 Å². The van der Waals surface area contributed by atoms with Crippen molar-refractivity contribution in [2.45, 2.75) is 50.6 Å². The Morgan fingerprint density at radius 3 is 2.09 bits per heavy atom. The summed E-state index contributed by atoms with van der Waals surface area (Å²) in [5.74, 6) is -2.32. The number of primary amides is 1. The van der Waals surface area contributed by atoms with Gasteiger partial charge in [-0.05, 0) is 18.4 Å². The summed E-state index contributed by atoms with van der Waals surface area (Å²) in [6.07, 6.45) is 4.96. The van der Waals surface area contributed by atoms with Crippen molar-refractivity contribution in [3.8, 4) is 0 Å². The minimum atomic E-state index is -1.15. The van der Waals surface area contributed by atoms with Gasteiger partial charge in [0.1, 0.15) is 6.04 Å². The van der Waals surface area contributed by atoms with E-state index < -0.39 is 29.7 Å². The summed E-state index contributed by atoms with van der Waals surface area (Å²) in [6, 6.07) is 14.9. The molecule has 3 rings (SSSR count). The van der Waals surface area contributed by atoms with Gasteiger partial charge in [-0.1, -0.05) is 79.9 Å². The molecule has 1 unspecified atom stereocenters. The summed E-state index contributed by atoms with van der Waals surface area (Å²) < 4.78 is 0. The quantitative estimate of drug-likeness (QED) is 0.350. The molecule has 0 radical (unpaired) electrons. The third kappa shape index (κ3) is 6.16. The topological polar surface area (TPSA) is 122 Å². The number of ketones is 1. The fourth-order valence-corrected chi connectivity index (χ4v) is 3.89. The van der Waals surface area contributed by atoms with Gasteiger partial charge in [0, 0.05) is 18.0 Å². The first-order valence-electron chi connectivity index (χ1n) is 10.8. The molecule has 1 atom stereocenters. The van der Waals surface area contributed by atoms with Crippen LogP contribution in [0.25, 0.3) is 0 Å². The van der Waals surface area contributed by atoms with Crippen LogP contribution in [0.3, 0.4) is 0 Å². The predicted molar refractivity (Wildman–Crippen MR) is 119 cm³/mol. The van der Waals surface area contributed by atoms with Crippen molar-refractivity contribution in [2.24, 2.45) is 5.73 Å². The molecular formula is C24H28N4O4. The van der Waals surface area contributed by atoms with Crippen molar-refractivity contribution in [3.05, 3.63) is 71.8 Å². The van der Waals surface area contributed by atoms with Crippen LogP contribution in [-0.4, -0.2) is 40.7 Å². The summed E-state index contributed by atoms with van der Waals surface area (Å²) in [5, 5.41) is 3.76. The second-order valence-electron chi connectivity index (χ2n) is 7.90. The Labute approximate surface area is 187 Å². The van der Waals surface area contributed by atoms with Crippen LogP contribution >= 0.6 is 0 Å². The van der Waals surface area contributed by atoms with Crippen LogP contribution in [0.15, 0.2) is 60.7 Å². The number of carbonyl (C=O) groups is 4. The summed E-state index contributed by atoms with van der Waals surface area (Å²) in [5.41, 5.74) is 8.43. The average molecular weight is 437 g/mol. The van der Waals surface area contributed by atoms with E-state index in [9.17, 15) is 19.2 Å². The molecule has 1 aliphatic rings. The molecule has 8 heteroatoms. The van der Waals surface area contributed by atoms with Gasteiger partial charge in [-0.25, -0.2) is 15.2 Å². The van der Waals surface area contributed by atoms with Crippen molar-refractivity contribution in [1.29, 1.82) is 0 Å². The van der Waals surface area contributed by atoms with Gasteiger partial charge in [-0.2, -0.15) is 0 Å². The zero-order valence-corrected chi connectivity index (χ0v) is 17.8. The summed E-state index contributed by atoms with van der Waals surface area (Å²) in [7, 11) is 0. The Bertz CT molecular complexity index is 943. The fourth-order valence-electron chi connectivity index (χ4n) is 3.89. The molecule has 0 bridgehead atoms. The molecule has 0 aliphatic heterocycles. The largest absolute Gasteiger partial charge is 0.352 e. The van der Waals surface area contributed by atoms with Gasteiger partial charge in [0.15, 0.2) is 0 Å². The van der Waals surface area contributed by atoms with Gasteiger partial charge in [-0.3, -0.25) is 14.4 Å². The highest BCUT2D eigenvalue weighted by Crippen LogP contribution is 2.18. The maximum absolute atomic E-state index is 13.3. The summed E-state index contributed by atoms with van der Waals surface area (Å²) in [4.78, 5) is 51.0. The zero-order chi connectivity index (χ0) is 22.9. The monoisotopic (exact) mass is 436 g/mol. The highest BCUT2D eigenvalue weighted by Gasteiger charge is 2.36. The number of hydrogen-bond donors (Lipinski definition) is 3. The lowest BCUT2D eigenvalue weighted by Gasteiger charge is -2.32. The van der Waals surface area contributed by atoms with Crippen molar-refractivity contribution in [2.75, 3.05) is 0 Å². The van der Waals surface area contributed by atoms with E-state index >= 15 is 0 Å². The predicted octanol–water partition coefficient (Wildman–Crippen LogP) is 2.34. The Hall–Kier alpha value is -3.68. The number of Topliss-reactive ketones (excluding diaryl/α,β-unsaturated/α-hetero) is 1. The second-order valence-corrected chi connectivity index (χ2v) is 7.90. The van der Waals surface area contributed by atoms with E-state index in [4.69, 9.17) is 5.73 Å². The highest BCUT2D eigenvalue weighted by atomic mass is 16.2. The van der Waals surface area contributed by atoms with Crippen LogP contribution in [0.2, 0.25) is 0 Å². The smallest absolute Gasteiger partial charge is 0.331 e. The number of urea groups is 1. The van der Waals surface area contributed by atoms with Crippen molar-refractivity contribution in [3.63, 3.8) is 0 Å². The molecule has 2 aromatic carbocycles. The number of hydrazine groups is 1. The van der Waals surface area contributed by atoms with E-state index in [0.717, 1.165) is 42.7 Å². The molecule has 1 aliphatic carbocycles. The van der Waals surface area contributed by atoms with E-state index in [1.54, 1.807) is 18.2 Å². The van der Waals surface area contributed by atoms with Gasteiger partial charge in [0.2, 0.25) is 5.91 Å². The lowest BCUT2D eigenvalue weighted by molar-refractivity contribution is -0.140. The van der Waals surface area contributed by atoms with Crippen molar-refractivity contribution < 1.29 is 19.2 Å². The van der Waals surface area contributed by atoms with Gasteiger partial charge < -0.3 is 11.1 Å². The fraction of sp³-hybridized carbons (Fsp3) is 0.333. The second kappa shape index (κ2) is 11.1. The first-order chi connectivity index (χ1) is 15.5. The van der Waals surface area contributed by atoms with Gasteiger partial charge >= 0.3 is 11.9 Å². The number of rotatable bonds is 7. The maximum atomic E-state index is 13.3. The Kier molecular flexibility index (Phi) is 7.96. The van der Waals surface area contributed by atoms with Crippen molar-refractivity contribution >= 4 is 23.6 Å². The van der Waals surface area contributed by atoms with Crippen molar-refractivity contribution in [1.82, 2.24) is 15.8 Å². The molecule has 32 heavy (non-hydrogen) atoms. The first-order valence-corrected chi connectivity index (χ1v) is 10.8. The van der Waals surface area contributed by atoms with E-state index in [0.29, 0.717) is 0 Å². The molecule has 0 heterocycles. The molecule has 4 N–H and O–H groups in total. The van der Waals surface area contributed by atoms with Gasteiger partial charge in [-0.15, -0.1) is 0 Å². The summed E-state index contributed by atoms with van der Waals surface area (Å²) >= 11 is 0. The van der Waals surface area contributed by atoms with Crippen LogP contribution in [0.4, 0.5) is 4.79 Å². The molecule has 1 saturated carbocycles. The summed E-state index contributed by atoms with van der Waals surface area (Å²) in [6.45, 7) is 0. The average Bonchev–Trinajstić information content (AvgIpc) is 2.82. The number of carbonyl (C=O) groups excluding carboxylic acids is 4. The lowest BCUT2D eigenvalue weighted by Crippen LogP contribution is -2.61. The van der Waals surface area contributed by atoms with Crippen LogP contribution in [-0.2, 0) is 16.0 Å². The van der Waals surface area contributed by atoms with E-state index in [-0.39, 0.29) is 18.0 Å². The van der Waals surface area contributed by atoms with Gasteiger partial charge in [0.25, 0.3) is 5.78 Å². The SMILES string of the molecule is NC(=O)NN(C(=O)C(=O)c1ccccc1)C(Cc1ccccc1)C(=O)NC1CCCCC1. The number of nitrogens with one attached hydrogen (secondary N) is 2. The molecule has 4 amide bonds. The number of hydrogen-bond acceptors (Lipinski definition) is 4. The highest BCUT2D eigenvalue weighted by molar-refractivity contribution is 6.43. The molecule has 2 aromatic rings. The minimum Gasteiger partial charge on any atom is -0.352 e. The molecule has 8 nitrogen and oxygen atoms in total. The lowest BCUT2D eigenvalue weighted by atomic mass is 9.95. The Morgan fingerprint density at radius 2 is 1.50 bits per heavy atom. The maximum Gasteiger partial charge on any atom is 0.331 e. The van der Waals surface area contributed by atoms with E-state index in [1.165, 1.54) is 12.1 Å². The minimum absolute atomic E-state index is 0.00937. The number of nitrogens with zero attached hydrogens (tertiary/aromatic N) is 1. The number of nitrogens with two attached hydrogens (primary N) is 1. The van der Waals surface area contributed by atoms with E-state index in [2.05, 4.69) is 10.7 Å². The molecule has 0 saturated heterocycles. The third-order valence-electron chi connectivity index (χ3n) is 5.52. The van der Waals surface area contributed by atoms with Crippen LogP contribution < -0.4 is 16.5 Å². The standard InChI is InChI=1S/C24H28N4O4/c25-24(32)27-28(23(31)21(29)18-12-6-2-7-13-18)20(16-17-10-4-1-5-11-17)22(30)26-19-14-8-3-9-15-19/h1-2,4-7,10-13,19-20H,3,8-9,14-16H2,(H,26,30)(H3,25,27,32). The number of amides is 4. The van der Waals surface area contributed by atoms with Crippen LogP contribution in [0.5, 0.6) is 0 Å². The van der Waals surface area contributed by atoms with Crippen LogP contribution in [0.1, 0.15) is 48.0 Å². The molecule has 168 valence electrons. The zero-order valence-electron chi connectivity index (χ0n) is 17.8. The third-order valence-corrected chi connectivity index (χ3v) is 5.52. The molecule has 1 fully saturated rings. The molecule has 0 aromatic heterocycles. The van der Waals surface area contributed by atoms with Crippen LogP contribution in [0, 0.1) is 0 Å². The first kappa shape index (κ1) is 23.0. The normalized spacial score (nSPS) is 14.8. The molecular weight excluding hydrogens is 408 g/mol. The Balaban J connectivity index is 1.90. The molecule has 0 spiro atoms. The van der Waals surface area contributed by atoms with Gasteiger partial charge in [0.05, 0.1) is 0 Å². The Morgan fingerprint density at radius 1 is 0.906 bits per heavy atom. The number of benzene rings is 2.